The van der Waals surface area contributed by atoms with Gasteiger partial charge in [-0.05, 0) is 59.2 Å². The summed E-state index contributed by atoms with van der Waals surface area (Å²) in [5.41, 5.74) is 2.66. The monoisotopic (exact) mass is 685 g/mol. The summed E-state index contributed by atoms with van der Waals surface area (Å²) in [6.07, 6.45) is 0. The molecule has 1 atom stereocenters. The van der Waals surface area contributed by atoms with E-state index in [0.29, 0.717) is 50.1 Å². The molecular formula is C35H28ClN3O6S2. The third-order valence-corrected chi connectivity index (χ3v) is 9.93. The van der Waals surface area contributed by atoms with Gasteiger partial charge in [-0.3, -0.25) is 14.5 Å². The summed E-state index contributed by atoms with van der Waals surface area (Å²) in [4.78, 5) is 28.7. The molecule has 9 nitrogen and oxygen atoms in total. The molecule has 6 rings (SSSR count). The van der Waals surface area contributed by atoms with Crippen LogP contribution in [-0.4, -0.2) is 41.2 Å². The van der Waals surface area contributed by atoms with Crippen molar-refractivity contribution in [2.45, 2.75) is 22.7 Å². The Balaban J connectivity index is 1.38. The van der Waals surface area contributed by atoms with Crippen molar-refractivity contribution in [1.29, 1.82) is 0 Å². The number of ether oxygens (including phenoxy) is 3. The first-order valence-electron chi connectivity index (χ1n) is 14.4. The molecular weight excluding hydrogens is 658 g/mol. The molecule has 238 valence electrons. The van der Waals surface area contributed by atoms with Crippen LogP contribution >= 0.6 is 34.7 Å². The maximum atomic E-state index is 13.7. The van der Waals surface area contributed by atoms with Crippen LogP contribution in [0.5, 0.6) is 17.2 Å². The number of halogens is 1. The van der Waals surface area contributed by atoms with Gasteiger partial charge in [0.15, 0.2) is 15.8 Å². The molecule has 1 N–H and O–H groups in total. The third kappa shape index (κ3) is 6.83. The summed E-state index contributed by atoms with van der Waals surface area (Å²) < 4.78 is 17.5. The van der Waals surface area contributed by atoms with Crippen molar-refractivity contribution < 1.29 is 28.9 Å². The molecule has 1 unspecified atom stereocenters. The van der Waals surface area contributed by atoms with Gasteiger partial charge >= 0.3 is 5.91 Å². The summed E-state index contributed by atoms with van der Waals surface area (Å²) in [5, 5.41) is 21.0. The highest BCUT2D eigenvalue weighted by Gasteiger charge is 2.48. The van der Waals surface area contributed by atoms with Crippen molar-refractivity contribution >= 4 is 57.3 Å². The highest BCUT2D eigenvalue weighted by molar-refractivity contribution is 8.00. The van der Waals surface area contributed by atoms with Crippen molar-refractivity contribution in [3.05, 3.63) is 130 Å². The summed E-state index contributed by atoms with van der Waals surface area (Å²) in [7, 11) is 3.04. The number of Topliss-reactive ketones (excluding diaryl/α,β-unsaturated/α-hetero) is 1. The van der Waals surface area contributed by atoms with Gasteiger partial charge in [-0.1, -0.05) is 89.3 Å². The second-order valence-corrected chi connectivity index (χ2v) is 12.9. The van der Waals surface area contributed by atoms with E-state index < -0.39 is 17.7 Å². The smallest absolute Gasteiger partial charge is 0.301 e. The number of anilines is 1. The van der Waals surface area contributed by atoms with Crippen molar-refractivity contribution in [3.63, 3.8) is 0 Å². The minimum atomic E-state index is -1.04. The fourth-order valence-corrected chi connectivity index (χ4v) is 7.22. The third-order valence-electron chi connectivity index (χ3n) is 7.46. The van der Waals surface area contributed by atoms with Crippen LogP contribution in [0.15, 0.2) is 107 Å². The number of aromatic nitrogens is 2. The first-order chi connectivity index (χ1) is 22.9. The van der Waals surface area contributed by atoms with Gasteiger partial charge in [0, 0.05) is 16.3 Å². The van der Waals surface area contributed by atoms with Crippen molar-refractivity contribution in [2.24, 2.45) is 0 Å². The number of hydrogen-bond acceptors (Lipinski definition) is 10. The molecule has 1 fully saturated rings. The van der Waals surface area contributed by atoms with E-state index in [9.17, 15) is 14.7 Å². The average Bonchev–Trinajstić information content (AvgIpc) is 3.68. The maximum Gasteiger partial charge on any atom is 0.301 e. The van der Waals surface area contributed by atoms with Gasteiger partial charge in [0.25, 0.3) is 5.78 Å². The van der Waals surface area contributed by atoms with Gasteiger partial charge < -0.3 is 19.3 Å². The number of methoxy groups -OCH3 is 2. The molecule has 1 saturated heterocycles. The lowest BCUT2D eigenvalue weighted by Gasteiger charge is -2.23. The van der Waals surface area contributed by atoms with Crippen LogP contribution in [0.2, 0.25) is 5.02 Å². The van der Waals surface area contributed by atoms with Gasteiger partial charge in [0.1, 0.15) is 18.1 Å². The number of ketones is 1. The van der Waals surface area contributed by atoms with Crippen molar-refractivity contribution in [3.8, 4) is 17.2 Å². The Kier molecular flexibility index (Phi) is 9.76. The van der Waals surface area contributed by atoms with E-state index in [1.807, 2.05) is 54.6 Å². The Morgan fingerprint density at radius 2 is 1.66 bits per heavy atom. The lowest BCUT2D eigenvalue weighted by atomic mass is 9.95. The molecule has 47 heavy (non-hydrogen) atoms. The minimum absolute atomic E-state index is 0.0966. The first kappa shape index (κ1) is 32.1. The number of carbonyl (C=O) groups excluding carboxylic acids is 2. The number of aliphatic hydroxyl groups is 1. The molecule has 0 radical (unpaired) electrons. The van der Waals surface area contributed by atoms with Crippen LogP contribution in [0.3, 0.4) is 0 Å². The largest absolute Gasteiger partial charge is 0.507 e. The van der Waals surface area contributed by atoms with Gasteiger partial charge in [0.05, 0.1) is 25.8 Å². The zero-order valence-corrected chi connectivity index (χ0v) is 27.6. The Morgan fingerprint density at radius 3 is 2.38 bits per heavy atom. The second kappa shape index (κ2) is 14.3. The summed E-state index contributed by atoms with van der Waals surface area (Å²) in [6.45, 7) is 0.311. The van der Waals surface area contributed by atoms with Gasteiger partial charge in [-0.25, -0.2) is 0 Å². The van der Waals surface area contributed by atoms with E-state index in [-0.39, 0.29) is 16.5 Å². The number of benzene rings is 4. The highest BCUT2D eigenvalue weighted by atomic mass is 35.5. The number of amides is 1. The number of nitrogens with zero attached hydrogens (tertiary/aromatic N) is 3. The van der Waals surface area contributed by atoms with Crippen LogP contribution in [0.1, 0.15) is 28.3 Å². The number of rotatable bonds is 11. The molecule has 4 aromatic carbocycles. The zero-order valence-electron chi connectivity index (χ0n) is 25.3. The standard InChI is InChI=1S/C35H28ClN3O6S2/c1-43-25-15-12-22(13-16-25)31(40)29-30(23-14-17-27(28(18-23)44-2)45-19-21-8-4-3-5-9-21)39(33(42)32(29)41)34-37-38-35(47-34)46-20-24-10-6-7-11-26(24)36/h3-18,30,40H,19-20H2,1-2H3/b31-29-. The van der Waals surface area contributed by atoms with Crippen LogP contribution in [0.4, 0.5) is 5.13 Å². The van der Waals surface area contributed by atoms with Gasteiger partial charge in [0.2, 0.25) is 5.13 Å². The lowest BCUT2D eigenvalue weighted by molar-refractivity contribution is -0.132. The topological polar surface area (TPSA) is 111 Å². The van der Waals surface area contributed by atoms with Gasteiger partial charge in [-0.15, -0.1) is 10.2 Å². The van der Waals surface area contributed by atoms with Gasteiger partial charge in [-0.2, -0.15) is 0 Å². The molecule has 5 aromatic rings. The summed E-state index contributed by atoms with van der Waals surface area (Å²) in [5.74, 6) is -0.0531. The molecule has 2 heterocycles. The first-order valence-corrected chi connectivity index (χ1v) is 16.6. The summed E-state index contributed by atoms with van der Waals surface area (Å²) in [6, 6.07) is 27.9. The molecule has 12 heteroatoms. The van der Waals surface area contributed by atoms with E-state index >= 15 is 0 Å². The molecule has 1 aliphatic heterocycles. The van der Waals surface area contributed by atoms with E-state index in [2.05, 4.69) is 10.2 Å². The van der Waals surface area contributed by atoms with Crippen molar-refractivity contribution in [2.75, 3.05) is 19.1 Å². The van der Waals surface area contributed by atoms with E-state index in [4.69, 9.17) is 25.8 Å². The number of thioether (sulfide) groups is 1. The Morgan fingerprint density at radius 1 is 0.915 bits per heavy atom. The fourth-order valence-electron chi connectivity index (χ4n) is 5.07. The van der Waals surface area contributed by atoms with Crippen LogP contribution in [-0.2, 0) is 21.9 Å². The Hall–Kier alpha value is -4.84. The Bertz CT molecular complexity index is 1950. The zero-order chi connectivity index (χ0) is 32.9. The van der Waals surface area contributed by atoms with E-state index in [1.165, 1.54) is 42.2 Å². The molecule has 0 saturated carbocycles. The molecule has 0 spiro atoms. The molecule has 0 aliphatic carbocycles. The SMILES string of the molecule is COc1ccc(/C(O)=C2/C(=O)C(=O)N(c3nnc(SCc4ccccc4Cl)s3)C2c2ccc(OCc3ccccc3)c(OC)c2)cc1. The predicted octanol–water partition coefficient (Wildman–Crippen LogP) is 7.71. The van der Waals surface area contributed by atoms with Crippen LogP contribution < -0.4 is 19.1 Å². The van der Waals surface area contributed by atoms with E-state index in [0.717, 1.165) is 11.1 Å². The minimum Gasteiger partial charge on any atom is -0.507 e. The molecule has 1 aliphatic rings. The quantitative estimate of drug-likeness (QED) is 0.0491. The van der Waals surface area contributed by atoms with Crippen LogP contribution in [0.25, 0.3) is 5.76 Å². The fraction of sp³-hybridized carbons (Fsp3) is 0.143. The average molecular weight is 686 g/mol. The molecule has 1 aromatic heterocycles. The van der Waals surface area contributed by atoms with Crippen molar-refractivity contribution in [1.82, 2.24) is 10.2 Å². The number of carbonyl (C=O) groups is 2. The predicted molar refractivity (Wildman–Crippen MR) is 182 cm³/mol. The highest BCUT2D eigenvalue weighted by Crippen LogP contribution is 2.46. The lowest BCUT2D eigenvalue weighted by Crippen LogP contribution is -2.29. The summed E-state index contributed by atoms with van der Waals surface area (Å²) >= 11 is 8.91. The molecule has 0 bridgehead atoms. The second-order valence-electron chi connectivity index (χ2n) is 10.3. The number of hydrogen-bond donors (Lipinski definition) is 1. The maximum absolute atomic E-state index is 13.7. The van der Waals surface area contributed by atoms with E-state index in [1.54, 1.807) is 42.5 Å². The molecule has 1 amide bonds. The van der Waals surface area contributed by atoms with Crippen LogP contribution in [0, 0.1) is 0 Å². The number of aliphatic hydroxyl groups excluding tert-OH is 1. The normalized spacial score (nSPS) is 15.6. The Labute approximate surface area is 284 Å².